The summed E-state index contributed by atoms with van der Waals surface area (Å²) in [6, 6.07) is 9.29. The molecule has 29 heavy (non-hydrogen) atoms. The number of H-pyrrole nitrogens is 1. The Balaban J connectivity index is 1.70. The van der Waals surface area contributed by atoms with Gasteiger partial charge in [0.2, 0.25) is 0 Å². The number of fused-ring (bicyclic) bond motifs is 1. The van der Waals surface area contributed by atoms with Crippen LogP contribution in [0.25, 0.3) is 22.2 Å². The number of benzene rings is 1. The summed E-state index contributed by atoms with van der Waals surface area (Å²) in [5.41, 5.74) is 3.94. The number of hydrogen-bond donors (Lipinski definition) is 1. The number of pyridine rings is 1. The van der Waals surface area contributed by atoms with Crippen LogP contribution < -0.4 is 4.74 Å². The van der Waals surface area contributed by atoms with Gasteiger partial charge in [0.05, 0.1) is 7.11 Å². The SMILES string of the molecule is COc1ccc(F)cc1-c1ccnc2[nH]c(C3CCN(C(C)(C)C)[C@@H](C)C3)cc12. The van der Waals surface area contributed by atoms with Crippen LogP contribution in [0, 0.1) is 5.82 Å². The molecular formula is C24H30FN3O. The minimum atomic E-state index is -0.273. The molecule has 4 rings (SSSR count). The minimum absolute atomic E-state index is 0.188. The lowest BCUT2D eigenvalue weighted by Crippen LogP contribution is -2.50. The lowest BCUT2D eigenvalue weighted by atomic mass is 9.86. The third kappa shape index (κ3) is 3.76. The first-order valence-corrected chi connectivity index (χ1v) is 10.4. The van der Waals surface area contributed by atoms with E-state index < -0.39 is 0 Å². The first kappa shape index (κ1) is 19.9. The molecule has 0 amide bonds. The van der Waals surface area contributed by atoms with Gasteiger partial charge in [0, 0.05) is 40.3 Å². The van der Waals surface area contributed by atoms with Crippen molar-refractivity contribution in [3.05, 3.63) is 48.0 Å². The van der Waals surface area contributed by atoms with Crippen molar-refractivity contribution in [1.82, 2.24) is 14.9 Å². The monoisotopic (exact) mass is 395 g/mol. The minimum Gasteiger partial charge on any atom is -0.496 e. The van der Waals surface area contributed by atoms with Crippen LogP contribution in [0.1, 0.15) is 52.1 Å². The third-order valence-electron chi connectivity index (χ3n) is 6.18. The molecule has 3 aromatic rings. The predicted octanol–water partition coefficient (Wildman–Crippen LogP) is 5.74. The Morgan fingerprint density at radius 2 is 1.97 bits per heavy atom. The van der Waals surface area contributed by atoms with Crippen molar-refractivity contribution >= 4 is 11.0 Å². The van der Waals surface area contributed by atoms with Crippen LogP contribution in [-0.2, 0) is 0 Å². The Morgan fingerprint density at radius 1 is 1.17 bits per heavy atom. The number of ether oxygens (including phenoxy) is 1. The van der Waals surface area contributed by atoms with E-state index in [2.05, 4.69) is 48.6 Å². The van der Waals surface area contributed by atoms with E-state index in [0.29, 0.717) is 17.7 Å². The third-order valence-corrected chi connectivity index (χ3v) is 6.18. The smallest absolute Gasteiger partial charge is 0.138 e. The highest BCUT2D eigenvalue weighted by molar-refractivity contribution is 5.95. The van der Waals surface area contributed by atoms with Gasteiger partial charge in [-0.05, 0) is 83.0 Å². The molecule has 1 aromatic carbocycles. The van der Waals surface area contributed by atoms with Gasteiger partial charge in [0.1, 0.15) is 17.2 Å². The topological polar surface area (TPSA) is 41.1 Å². The zero-order valence-corrected chi connectivity index (χ0v) is 17.9. The average Bonchev–Trinajstić information content (AvgIpc) is 3.11. The summed E-state index contributed by atoms with van der Waals surface area (Å²) in [5.74, 6) is 0.860. The number of rotatable bonds is 3. The molecule has 1 N–H and O–H groups in total. The molecule has 1 aliphatic rings. The van der Waals surface area contributed by atoms with Gasteiger partial charge in [-0.25, -0.2) is 9.37 Å². The molecule has 5 heteroatoms. The Labute approximate surface area is 172 Å². The number of likely N-dealkylation sites (tertiary alicyclic amines) is 1. The molecule has 1 fully saturated rings. The van der Waals surface area contributed by atoms with Crippen LogP contribution >= 0.6 is 0 Å². The highest BCUT2D eigenvalue weighted by Crippen LogP contribution is 2.39. The van der Waals surface area contributed by atoms with Gasteiger partial charge < -0.3 is 9.72 Å². The number of aromatic amines is 1. The van der Waals surface area contributed by atoms with E-state index >= 15 is 0 Å². The van der Waals surface area contributed by atoms with Gasteiger partial charge in [-0.3, -0.25) is 4.90 Å². The van der Waals surface area contributed by atoms with Crippen LogP contribution in [-0.4, -0.2) is 40.1 Å². The van der Waals surface area contributed by atoms with Crippen LogP contribution in [0.2, 0.25) is 0 Å². The lowest BCUT2D eigenvalue weighted by Gasteiger charge is -2.45. The van der Waals surface area contributed by atoms with Crippen molar-refractivity contribution in [3.8, 4) is 16.9 Å². The van der Waals surface area contributed by atoms with Crippen LogP contribution in [0.5, 0.6) is 5.75 Å². The van der Waals surface area contributed by atoms with E-state index in [-0.39, 0.29) is 11.4 Å². The summed E-state index contributed by atoms with van der Waals surface area (Å²) < 4.78 is 19.4. The second-order valence-electron chi connectivity index (χ2n) is 9.12. The molecule has 4 nitrogen and oxygen atoms in total. The summed E-state index contributed by atoms with van der Waals surface area (Å²) in [5, 5.41) is 1.01. The number of aromatic nitrogens is 2. The summed E-state index contributed by atoms with van der Waals surface area (Å²) in [4.78, 5) is 10.7. The maximum atomic E-state index is 14.0. The fourth-order valence-corrected chi connectivity index (χ4v) is 4.84. The zero-order valence-electron chi connectivity index (χ0n) is 17.9. The second kappa shape index (κ2) is 7.45. The molecule has 1 saturated heterocycles. The first-order chi connectivity index (χ1) is 13.8. The van der Waals surface area contributed by atoms with Gasteiger partial charge in [0.25, 0.3) is 0 Å². The normalized spacial score (nSPS) is 20.9. The lowest BCUT2D eigenvalue weighted by molar-refractivity contribution is 0.0522. The fraction of sp³-hybridized carbons (Fsp3) is 0.458. The molecule has 154 valence electrons. The van der Waals surface area contributed by atoms with E-state index in [0.717, 1.165) is 41.5 Å². The quantitative estimate of drug-likeness (QED) is 0.614. The van der Waals surface area contributed by atoms with Crippen molar-refractivity contribution in [2.24, 2.45) is 0 Å². The van der Waals surface area contributed by atoms with E-state index in [1.165, 1.54) is 17.8 Å². The molecular weight excluding hydrogens is 365 g/mol. The maximum absolute atomic E-state index is 14.0. The zero-order chi connectivity index (χ0) is 20.8. The maximum Gasteiger partial charge on any atom is 0.138 e. The molecule has 0 saturated carbocycles. The van der Waals surface area contributed by atoms with E-state index in [4.69, 9.17) is 4.74 Å². The van der Waals surface area contributed by atoms with Crippen molar-refractivity contribution < 1.29 is 9.13 Å². The van der Waals surface area contributed by atoms with Crippen molar-refractivity contribution in [1.29, 1.82) is 0 Å². The average molecular weight is 396 g/mol. The standard InChI is InChI=1S/C24H30FN3O/c1-15-12-16(9-11-28(15)24(2,3)4)21-14-20-18(8-10-26-23(20)27-21)19-13-17(25)6-7-22(19)29-5/h6-8,10,13-16H,9,11-12H2,1-5H3,(H,26,27)/t15-,16?/m0/s1. The molecule has 1 aliphatic heterocycles. The Kier molecular flexibility index (Phi) is 5.11. The van der Waals surface area contributed by atoms with Gasteiger partial charge in [-0.15, -0.1) is 0 Å². The Bertz CT molecular complexity index is 1020. The molecule has 0 bridgehead atoms. The number of piperidine rings is 1. The molecule has 0 radical (unpaired) electrons. The van der Waals surface area contributed by atoms with Crippen LogP contribution in [0.3, 0.4) is 0 Å². The van der Waals surface area contributed by atoms with Gasteiger partial charge in [-0.2, -0.15) is 0 Å². The van der Waals surface area contributed by atoms with Gasteiger partial charge in [0.15, 0.2) is 0 Å². The van der Waals surface area contributed by atoms with Crippen molar-refractivity contribution in [2.75, 3.05) is 13.7 Å². The second-order valence-corrected chi connectivity index (χ2v) is 9.12. The largest absolute Gasteiger partial charge is 0.496 e. The van der Waals surface area contributed by atoms with Crippen LogP contribution in [0.15, 0.2) is 36.5 Å². The summed E-state index contributed by atoms with van der Waals surface area (Å²) in [7, 11) is 1.61. The van der Waals surface area contributed by atoms with E-state index in [1.807, 2.05) is 6.07 Å². The summed E-state index contributed by atoms with van der Waals surface area (Å²) in [6.45, 7) is 10.3. The number of nitrogens with one attached hydrogen (secondary N) is 1. The Morgan fingerprint density at radius 3 is 2.66 bits per heavy atom. The highest BCUT2D eigenvalue weighted by atomic mass is 19.1. The fourth-order valence-electron chi connectivity index (χ4n) is 4.84. The van der Waals surface area contributed by atoms with Crippen molar-refractivity contribution in [2.45, 2.75) is 58.0 Å². The molecule has 1 unspecified atom stereocenters. The van der Waals surface area contributed by atoms with Crippen molar-refractivity contribution in [3.63, 3.8) is 0 Å². The predicted molar refractivity (Wildman–Crippen MR) is 116 cm³/mol. The number of halogens is 1. The number of nitrogens with zero attached hydrogens (tertiary/aromatic N) is 2. The summed E-state index contributed by atoms with van der Waals surface area (Å²) >= 11 is 0. The number of hydrogen-bond acceptors (Lipinski definition) is 3. The Hall–Kier alpha value is -2.40. The molecule has 3 heterocycles. The van der Waals surface area contributed by atoms with E-state index in [1.54, 1.807) is 19.4 Å². The molecule has 0 spiro atoms. The van der Waals surface area contributed by atoms with Gasteiger partial charge in [-0.1, -0.05) is 0 Å². The summed E-state index contributed by atoms with van der Waals surface area (Å²) in [6.07, 6.45) is 4.00. The van der Waals surface area contributed by atoms with E-state index in [9.17, 15) is 4.39 Å². The highest BCUT2D eigenvalue weighted by Gasteiger charge is 2.33. The molecule has 2 aromatic heterocycles. The number of methoxy groups -OCH3 is 1. The molecule has 2 atom stereocenters. The van der Waals surface area contributed by atoms with Crippen LogP contribution in [0.4, 0.5) is 4.39 Å². The van der Waals surface area contributed by atoms with Gasteiger partial charge >= 0.3 is 0 Å². The molecule has 0 aliphatic carbocycles. The first-order valence-electron chi connectivity index (χ1n) is 10.4.